The summed E-state index contributed by atoms with van der Waals surface area (Å²) >= 11 is 0. The van der Waals surface area contributed by atoms with Crippen molar-refractivity contribution in [2.45, 2.75) is 45.4 Å². The third-order valence-electron chi connectivity index (χ3n) is 4.64. The summed E-state index contributed by atoms with van der Waals surface area (Å²) in [7, 11) is 1.99. The van der Waals surface area contributed by atoms with E-state index in [1.165, 1.54) is 32.1 Å². The van der Waals surface area contributed by atoms with Gasteiger partial charge in [-0.3, -0.25) is 0 Å². The van der Waals surface area contributed by atoms with Crippen LogP contribution in [0.5, 0.6) is 5.75 Å². The number of nitrogens with zero attached hydrogens (tertiary/aromatic N) is 2. The van der Waals surface area contributed by atoms with Crippen LogP contribution in [0.15, 0.2) is 59.4 Å². The summed E-state index contributed by atoms with van der Waals surface area (Å²) in [6.07, 6.45) is 13.4. The summed E-state index contributed by atoms with van der Waals surface area (Å²) < 4.78 is 13.7. The highest BCUT2D eigenvalue weighted by Crippen LogP contribution is 2.27. The predicted octanol–water partition coefficient (Wildman–Crippen LogP) is 5.57. The number of benzene rings is 1. The van der Waals surface area contributed by atoms with Crippen LogP contribution in [-0.2, 0) is 7.05 Å². The molecule has 2 aromatic heterocycles. The number of ether oxygens (including phenoxy) is 1. The van der Waals surface area contributed by atoms with Crippen LogP contribution < -0.4 is 9.30 Å². The summed E-state index contributed by atoms with van der Waals surface area (Å²) in [6, 6.07) is 12.0. The Morgan fingerprint density at radius 1 is 0.889 bits per heavy atom. The highest BCUT2D eigenvalue weighted by Gasteiger charge is 2.09. The lowest BCUT2D eigenvalue weighted by Gasteiger charge is -2.06. The van der Waals surface area contributed by atoms with E-state index >= 15 is 0 Å². The predicted molar refractivity (Wildman–Crippen MR) is 107 cm³/mol. The van der Waals surface area contributed by atoms with Crippen LogP contribution in [0, 0.1) is 0 Å². The average Bonchev–Trinajstić information content (AvgIpc) is 3.18. The van der Waals surface area contributed by atoms with E-state index in [4.69, 9.17) is 9.15 Å². The van der Waals surface area contributed by atoms with Crippen molar-refractivity contribution in [3.05, 3.63) is 55.0 Å². The van der Waals surface area contributed by atoms with Crippen LogP contribution in [0.25, 0.3) is 22.8 Å². The van der Waals surface area contributed by atoms with Crippen LogP contribution in [0.2, 0.25) is 0 Å². The first-order chi connectivity index (χ1) is 13.3. The number of pyridine rings is 1. The van der Waals surface area contributed by atoms with Gasteiger partial charge in [0.1, 0.15) is 12.8 Å². The zero-order valence-corrected chi connectivity index (χ0v) is 16.4. The average molecular weight is 365 g/mol. The molecule has 0 saturated heterocycles. The highest BCUT2D eigenvalue weighted by atomic mass is 16.5. The van der Waals surface area contributed by atoms with Gasteiger partial charge in [-0.05, 0) is 30.7 Å². The van der Waals surface area contributed by atoms with Gasteiger partial charge >= 0.3 is 0 Å². The maximum atomic E-state index is 5.92. The molecule has 4 nitrogen and oxygen atoms in total. The van der Waals surface area contributed by atoms with E-state index in [9.17, 15) is 0 Å². The van der Waals surface area contributed by atoms with Gasteiger partial charge in [0.05, 0.1) is 12.8 Å². The van der Waals surface area contributed by atoms with Crippen molar-refractivity contribution in [3.8, 4) is 28.5 Å². The van der Waals surface area contributed by atoms with E-state index in [0.29, 0.717) is 5.89 Å². The normalized spacial score (nSPS) is 10.9. The zero-order valence-electron chi connectivity index (χ0n) is 16.4. The Kier molecular flexibility index (Phi) is 7.03. The molecule has 0 radical (unpaired) electrons. The summed E-state index contributed by atoms with van der Waals surface area (Å²) in [4.78, 5) is 4.40. The summed E-state index contributed by atoms with van der Waals surface area (Å²) in [5, 5.41) is 0. The van der Waals surface area contributed by atoms with Gasteiger partial charge in [0.2, 0.25) is 5.89 Å². The number of aryl methyl sites for hydroxylation is 1. The van der Waals surface area contributed by atoms with Gasteiger partial charge in [0, 0.05) is 23.3 Å². The van der Waals surface area contributed by atoms with Crippen LogP contribution in [0.1, 0.15) is 45.4 Å². The Morgan fingerprint density at radius 3 is 2.33 bits per heavy atom. The standard InChI is InChI=1S/C23H29N2O2/c1-3-4-5-6-7-8-17-26-21-11-9-19(10-12-21)22-18-24-23(27-22)20-13-15-25(2)16-14-20/h9-16,18H,3-8,17H2,1-2H3/q+1. The van der Waals surface area contributed by atoms with E-state index in [1.807, 2.05) is 60.4 Å². The molecule has 2 heterocycles. The smallest absolute Gasteiger partial charge is 0.227 e. The molecule has 0 N–H and O–H groups in total. The first kappa shape index (κ1) is 19.2. The van der Waals surface area contributed by atoms with Crippen molar-refractivity contribution >= 4 is 0 Å². The van der Waals surface area contributed by atoms with Crippen LogP contribution in [0.3, 0.4) is 0 Å². The molecule has 4 heteroatoms. The fourth-order valence-electron chi connectivity index (χ4n) is 2.97. The van der Waals surface area contributed by atoms with Crippen molar-refractivity contribution in [2.75, 3.05) is 6.61 Å². The molecule has 3 rings (SSSR count). The highest BCUT2D eigenvalue weighted by molar-refractivity contribution is 5.61. The topological polar surface area (TPSA) is 39.1 Å². The Morgan fingerprint density at radius 2 is 1.59 bits per heavy atom. The number of hydrogen-bond donors (Lipinski definition) is 0. The molecule has 27 heavy (non-hydrogen) atoms. The molecule has 0 bridgehead atoms. The van der Waals surface area contributed by atoms with E-state index in [-0.39, 0.29) is 0 Å². The minimum atomic E-state index is 0.633. The molecule has 0 unspecified atom stereocenters. The molecule has 0 atom stereocenters. The lowest BCUT2D eigenvalue weighted by atomic mass is 10.1. The molecule has 142 valence electrons. The van der Waals surface area contributed by atoms with Crippen molar-refractivity contribution in [3.63, 3.8) is 0 Å². The molecule has 1 aromatic carbocycles. The van der Waals surface area contributed by atoms with Crippen LogP contribution in [0.4, 0.5) is 0 Å². The monoisotopic (exact) mass is 365 g/mol. The van der Waals surface area contributed by atoms with Gasteiger partial charge in [-0.2, -0.15) is 0 Å². The van der Waals surface area contributed by atoms with Crippen molar-refractivity contribution in [1.82, 2.24) is 4.98 Å². The van der Waals surface area contributed by atoms with Gasteiger partial charge in [0.15, 0.2) is 18.2 Å². The molecular formula is C23H29N2O2+. The summed E-state index contributed by atoms with van der Waals surface area (Å²) in [6.45, 7) is 3.03. The third kappa shape index (κ3) is 5.68. The number of aromatic nitrogens is 2. The number of oxazole rings is 1. The van der Waals surface area contributed by atoms with E-state index < -0.39 is 0 Å². The Balaban J connectivity index is 1.51. The molecular weight excluding hydrogens is 336 g/mol. The van der Waals surface area contributed by atoms with E-state index in [0.717, 1.165) is 35.7 Å². The van der Waals surface area contributed by atoms with E-state index in [2.05, 4.69) is 11.9 Å². The molecule has 0 spiro atoms. The Bertz CT molecular complexity index is 807. The SMILES string of the molecule is CCCCCCCCOc1ccc(-c2cnc(-c3cc[n+](C)cc3)o2)cc1. The lowest BCUT2D eigenvalue weighted by Crippen LogP contribution is -2.25. The van der Waals surface area contributed by atoms with Gasteiger partial charge in [-0.15, -0.1) is 0 Å². The minimum Gasteiger partial charge on any atom is -0.494 e. The minimum absolute atomic E-state index is 0.633. The van der Waals surface area contributed by atoms with Crippen LogP contribution >= 0.6 is 0 Å². The quantitative estimate of drug-likeness (QED) is 0.348. The molecule has 0 aliphatic rings. The summed E-state index contributed by atoms with van der Waals surface area (Å²) in [5.41, 5.74) is 1.97. The number of unbranched alkanes of at least 4 members (excludes halogenated alkanes) is 5. The van der Waals surface area contributed by atoms with Gasteiger partial charge in [-0.25, -0.2) is 9.55 Å². The maximum Gasteiger partial charge on any atom is 0.227 e. The second-order valence-corrected chi connectivity index (χ2v) is 6.92. The van der Waals surface area contributed by atoms with Gasteiger partial charge in [-0.1, -0.05) is 39.0 Å². The van der Waals surface area contributed by atoms with Crippen molar-refractivity contribution in [2.24, 2.45) is 7.05 Å². The second-order valence-electron chi connectivity index (χ2n) is 6.92. The molecule has 0 saturated carbocycles. The number of hydrogen-bond acceptors (Lipinski definition) is 3. The second kappa shape index (κ2) is 9.91. The Labute approximate surface area is 161 Å². The van der Waals surface area contributed by atoms with Gasteiger partial charge in [0.25, 0.3) is 0 Å². The Hall–Kier alpha value is -2.62. The van der Waals surface area contributed by atoms with Crippen LogP contribution in [-0.4, -0.2) is 11.6 Å². The molecule has 0 amide bonds. The van der Waals surface area contributed by atoms with E-state index in [1.54, 1.807) is 6.20 Å². The van der Waals surface area contributed by atoms with Gasteiger partial charge < -0.3 is 9.15 Å². The third-order valence-corrected chi connectivity index (χ3v) is 4.64. The first-order valence-corrected chi connectivity index (χ1v) is 9.91. The molecule has 0 fully saturated rings. The zero-order chi connectivity index (χ0) is 18.9. The largest absolute Gasteiger partial charge is 0.494 e. The maximum absolute atomic E-state index is 5.92. The molecule has 3 aromatic rings. The molecule has 0 aliphatic carbocycles. The van der Waals surface area contributed by atoms with Crippen molar-refractivity contribution in [1.29, 1.82) is 0 Å². The number of rotatable bonds is 10. The fourth-order valence-corrected chi connectivity index (χ4v) is 2.97. The lowest BCUT2D eigenvalue weighted by molar-refractivity contribution is -0.671. The van der Waals surface area contributed by atoms with Crippen molar-refractivity contribution < 1.29 is 13.7 Å². The summed E-state index contributed by atoms with van der Waals surface area (Å²) in [5.74, 6) is 2.30. The fraction of sp³-hybridized carbons (Fsp3) is 0.391. The first-order valence-electron chi connectivity index (χ1n) is 9.91. The molecule has 0 aliphatic heterocycles.